The summed E-state index contributed by atoms with van der Waals surface area (Å²) in [5.41, 5.74) is 7.37. The van der Waals surface area contributed by atoms with Crippen molar-refractivity contribution in [2.75, 3.05) is 20.3 Å². The van der Waals surface area contributed by atoms with Crippen molar-refractivity contribution in [1.82, 2.24) is 9.78 Å². The molecule has 2 N–H and O–H groups in total. The molecule has 0 aliphatic heterocycles. The number of aromatic nitrogens is 2. The Labute approximate surface area is 136 Å². The average molecular weight is 358 g/mol. The summed E-state index contributed by atoms with van der Waals surface area (Å²) in [6, 6.07) is 0. The second kappa shape index (κ2) is 8.30. The molecule has 1 saturated carbocycles. The first kappa shape index (κ1) is 17.0. The molecule has 2 rings (SSSR count). The highest BCUT2D eigenvalue weighted by Gasteiger charge is 2.33. The zero-order valence-corrected chi connectivity index (χ0v) is 14.8. The minimum Gasteiger partial charge on any atom is -0.383 e. The van der Waals surface area contributed by atoms with Crippen LogP contribution in [0.15, 0.2) is 10.7 Å². The molecular formula is C16H28BrN3O. The minimum atomic E-state index is 0.522. The van der Waals surface area contributed by atoms with Gasteiger partial charge in [0.15, 0.2) is 0 Å². The van der Waals surface area contributed by atoms with Gasteiger partial charge in [0.2, 0.25) is 0 Å². The molecule has 1 aromatic heterocycles. The standard InChI is InChI=1S/C16H28BrN3O/c1-3-4-12-5-6-13(10-18)14(9-12)16-15(17)11-19-20(16)7-8-21-2/h11-14H,3-10,18H2,1-2H3. The lowest BCUT2D eigenvalue weighted by Gasteiger charge is -2.36. The van der Waals surface area contributed by atoms with E-state index in [1.165, 1.54) is 37.8 Å². The molecule has 21 heavy (non-hydrogen) atoms. The van der Waals surface area contributed by atoms with Crippen LogP contribution in [0.4, 0.5) is 0 Å². The Balaban J connectivity index is 2.21. The summed E-state index contributed by atoms with van der Waals surface area (Å²) in [5.74, 6) is 1.93. The number of methoxy groups -OCH3 is 1. The zero-order valence-electron chi connectivity index (χ0n) is 13.2. The van der Waals surface area contributed by atoms with E-state index in [0.717, 1.165) is 23.5 Å². The smallest absolute Gasteiger partial charge is 0.0658 e. The molecule has 1 heterocycles. The second-order valence-corrected chi connectivity index (χ2v) is 7.02. The molecule has 3 unspecified atom stereocenters. The molecule has 1 fully saturated rings. The molecule has 0 saturated heterocycles. The van der Waals surface area contributed by atoms with Crippen molar-refractivity contribution < 1.29 is 4.74 Å². The number of nitrogens with zero attached hydrogens (tertiary/aromatic N) is 2. The van der Waals surface area contributed by atoms with Gasteiger partial charge in [-0.05, 0) is 47.2 Å². The van der Waals surface area contributed by atoms with Crippen LogP contribution in [0.1, 0.15) is 50.6 Å². The first-order valence-corrected chi connectivity index (χ1v) is 8.90. The third-order valence-corrected chi connectivity index (χ3v) is 5.40. The fourth-order valence-corrected chi connectivity index (χ4v) is 4.29. The van der Waals surface area contributed by atoms with Crippen LogP contribution in [0.25, 0.3) is 0 Å². The van der Waals surface area contributed by atoms with Crippen LogP contribution < -0.4 is 5.73 Å². The number of hydrogen-bond acceptors (Lipinski definition) is 3. The Hall–Kier alpha value is -0.390. The van der Waals surface area contributed by atoms with E-state index < -0.39 is 0 Å². The van der Waals surface area contributed by atoms with Crippen molar-refractivity contribution in [3.63, 3.8) is 0 Å². The van der Waals surface area contributed by atoms with Gasteiger partial charge < -0.3 is 10.5 Å². The highest BCUT2D eigenvalue weighted by molar-refractivity contribution is 9.10. The first-order valence-electron chi connectivity index (χ1n) is 8.11. The van der Waals surface area contributed by atoms with Crippen LogP contribution in [0, 0.1) is 11.8 Å². The van der Waals surface area contributed by atoms with Crippen LogP contribution in [-0.4, -0.2) is 30.0 Å². The molecule has 0 aromatic carbocycles. The van der Waals surface area contributed by atoms with Gasteiger partial charge in [-0.15, -0.1) is 0 Å². The van der Waals surface area contributed by atoms with Gasteiger partial charge in [0.1, 0.15) is 0 Å². The summed E-state index contributed by atoms with van der Waals surface area (Å²) in [6.45, 7) is 4.55. The molecule has 120 valence electrons. The Morgan fingerprint density at radius 3 is 2.95 bits per heavy atom. The normalized spacial score (nSPS) is 26.2. The quantitative estimate of drug-likeness (QED) is 0.811. The summed E-state index contributed by atoms with van der Waals surface area (Å²) in [5, 5.41) is 4.52. The Bertz CT molecular complexity index is 435. The molecule has 0 amide bonds. The molecule has 1 aliphatic carbocycles. The molecule has 0 bridgehead atoms. The average Bonchev–Trinajstić information content (AvgIpc) is 2.86. The van der Waals surface area contributed by atoms with Crippen molar-refractivity contribution in [2.45, 2.75) is 51.5 Å². The van der Waals surface area contributed by atoms with Crippen molar-refractivity contribution in [3.8, 4) is 0 Å². The highest BCUT2D eigenvalue weighted by atomic mass is 79.9. The summed E-state index contributed by atoms with van der Waals surface area (Å²) >= 11 is 3.70. The molecule has 0 spiro atoms. The van der Waals surface area contributed by atoms with Crippen LogP contribution in [0.5, 0.6) is 0 Å². The third-order valence-electron chi connectivity index (χ3n) is 4.79. The maximum absolute atomic E-state index is 6.05. The third kappa shape index (κ3) is 4.08. The lowest BCUT2D eigenvalue weighted by atomic mass is 9.71. The Morgan fingerprint density at radius 1 is 1.48 bits per heavy atom. The second-order valence-electron chi connectivity index (χ2n) is 6.16. The number of nitrogens with two attached hydrogens (primary N) is 1. The predicted octanol–water partition coefficient (Wildman–Crippen LogP) is 3.55. The highest BCUT2D eigenvalue weighted by Crippen LogP contribution is 2.43. The molecule has 1 aromatic rings. The summed E-state index contributed by atoms with van der Waals surface area (Å²) < 4.78 is 8.44. The number of rotatable bonds is 7. The molecule has 4 nitrogen and oxygen atoms in total. The topological polar surface area (TPSA) is 53.1 Å². The van der Waals surface area contributed by atoms with Gasteiger partial charge in [-0.1, -0.05) is 26.2 Å². The van der Waals surface area contributed by atoms with E-state index in [1.54, 1.807) is 7.11 Å². The molecule has 5 heteroatoms. The predicted molar refractivity (Wildman–Crippen MR) is 89.3 cm³/mol. The molecule has 1 aliphatic rings. The van der Waals surface area contributed by atoms with Crippen molar-refractivity contribution >= 4 is 15.9 Å². The van der Waals surface area contributed by atoms with E-state index >= 15 is 0 Å². The Kier molecular flexibility index (Phi) is 6.71. The summed E-state index contributed by atoms with van der Waals surface area (Å²) in [7, 11) is 1.73. The monoisotopic (exact) mass is 357 g/mol. The maximum atomic E-state index is 6.05. The van der Waals surface area contributed by atoms with Gasteiger partial charge in [0.05, 0.1) is 29.5 Å². The van der Waals surface area contributed by atoms with Crippen molar-refractivity contribution in [1.29, 1.82) is 0 Å². The Morgan fingerprint density at radius 2 is 2.29 bits per heavy atom. The number of hydrogen-bond donors (Lipinski definition) is 1. The SMILES string of the molecule is CCCC1CCC(CN)C(c2c(Br)cnn2CCOC)C1. The van der Waals surface area contributed by atoms with E-state index in [-0.39, 0.29) is 0 Å². The van der Waals surface area contributed by atoms with Crippen LogP contribution in [-0.2, 0) is 11.3 Å². The van der Waals surface area contributed by atoms with Gasteiger partial charge in [-0.2, -0.15) is 5.10 Å². The fourth-order valence-electron chi connectivity index (χ4n) is 3.70. The van der Waals surface area contributed by atoms with Gasteiger partial charge >= 0.3 is 0 Å². The molecule has 0 radical (unpaired) electrons. The summed E-state index contributed by atoms with van der Waals surface area (Å²) in [6.07, 6.45) is 8.34. The molecule has 3 atom stereocenters. The van der Waals surface area contributed by atoms with E-state index in [4.69, 9.17) is 10.5 Å². The first-order chi connectivity index (χ1) is 10.2. The van der Waals surface area contributed by atoms with Gasteiger partial charge in [0.25, 0.3) is 0 Å². The minimum absolute atomic E-state index is 0.522. The lowest BCUT2D eigenvalue weighted by molar-refractivity contribution is 0.176. The van der Waals surface area contributed by atoms with E-state index in [2.05, 4.69) is 32.6 Å². The van der Waals surface area contributed by atoms with Gasteiger partial charge in [-0.3, -0.25) is 4.68 Å². The van der Waals surface area contributed by atoms with Crippen molar-refractivity contribution in [3.05, 3.63) is 16.4 Å². The van der Waals surface area contributed by atoms with Crippen LogP contribution in [0.3, 0.4) is 0 Å². The zero-order chi connectivity index (χ0) is 15.2. The van der Waals surface area contributed by atoms with Gasteiger partial charge in [-0.25, -0.2) is 0 Å². The largest absolute Gasteiger partial charge is 0.383 e. The fraction of sp³-hybridized carbons (Fsp3) is 0.812. The maximum Gasteiger partial charge on any atom is 0.0658 e. The number of ether oxygens (including phenoxy) is 1. The number of halogens is 1. The van der Waals surface area contributed by atoms with E-state index in [1.807, 2.05) is 6.20 Å². The van der Waals surface area contributed by atoms with Crippen molar-refractivity contribution in [2.24, 2.45) is 17.6 Å². The molecular weight excluding hydrogens is 330 g/mol. The van der Waals surface area contributed by atoms with Gasteiger partial charge in [0, 0.05) is 13.0 Å². The van der Waals surface area contributed by atoms with Crippen LogP contribution >= 0.6 is 15.9 Å². The van der Waals surface area contributed by atoms with E-state index in [9.17, 15) is 0 Å². The summed E-state index contributed by atoms with van der Waals surface area (Å²) in [4.78, 5) is 0. The van der Waals surface area contributed by atoms with E-state index in [0.29, 0.717) is 18.4 Å². The lowest BCUT2D eigenvalue weighted by Crippen LogP contribution is -2.31. The van der Waals surface area contributed by atoms with Crippen LogP contribution in [0.2, 0.25) is 0 Å².